The average molecular weight is 553 g/mol. The molecule has 8 heteroatoms. The lowest BCUT2D eigenvalue weighted by atomic mass is 10.1. The van der Waals surface area contributed by atoms with Crippen molar-refractivity contribution in [1.82, 2.24) is 0 Å². The molecule has 7 rings (SSSR count). The smallest absolute Gasteiger partial charge is 0.346 e. The third kappa shape index (κ3) is 4.18. The molecule has 0 radical (unpaired) electrons. The Bertz CT molecular complexity index is 1760. The highest BCUT2D eigenvalue weighted by Gasteiger charge is 2.32. The van der Waals surface area contributed by atoms with Crippen LogP contribution in [0.4, 0.5) is 34.1 Å². The maximum Gasteiger partial charge on any atom is 0.346 e. The Morgan fingerprint density at radius 3 is 1.02 bits per heavy atom. The molecule has 2 aliphatic rings. The standard InChI is InChI=1S/C34H20N2O6/c37-31-27-17-15-25(19-29(27)33(39)41-31)35(21-7-3-1-4-8-21)23-11-13-24(14-12-23)36(22-9-5-2-6-10-22)26-16-18-28-30(20-26)34(40)42-32(28)38/h1-20H. The molecule has 0 saturated heterocycles. The van der Waals surface area contributed by atoms with Crippen LogP contribution in [0.3, 0.4) is 0 Å². The van der Waals surface area contributed by atoms with Gasteiger partial charge in [0.15, 0.2) is 0 Å². The van der Waals surface area contributed by atoms with E-state index in [9.17, 15) is 19.2 Å². The summed E-state index contributed by atoms with van der Waals surface area (Å²) >= 11 is 0. The normalized spacial score (nSPS) is 13.3. The van der Waals surface area contributed by atoms with E-state index in [0.29, 0.717) is 11.4 Å². The van der Waals surface area contributed by atoms with Gasteiger partial charge in [0, 0.05) is 34.1 Å². The summed E-state index contributed by atoms with van der Waals surface area (Å²) in [5, 5.41) is 0. The lowest BCUT2D eigenvalue weighted by molar-refractivity contribution is 0.0425. The van der Waals surface area contributed by atoms with Gasteiger partial charge in [-0.3, -0.25) is 0 Å². The van der Waals surface area contributed by atoms with Crippen LogP contribution in [0.5, 0.6) is 0 Å². The Balaban J connectivity index is 1.32. The number of rotatable bonds is 6. The molecule has 42 heavy (non-hydrogen) atoms. The number of para-hydroxylation sites is 2. The van der Waals surface area contributed by atoms with Crippen LogP contribution >= 0.6 is 0 Å². The van der Waals surface area contributed by atoms with Crippen LogP contribution in [-0.4, -0.2) is 23.9 Å². The maximum absolute atomic E-state index is 12.3. The van der Waals surface area contributed by atoms with E-state index >= 15 is 0 Å². The molecule has 202 valence electrons. The van der Waals surface area contributed by atoms with Gasteiger partial charge in [-0.2, -0.15) is 0 Å². The van der Waals surface area contributed by atoms with Crippen molar-refractivity contribution in [2.24, 2.45) is 0 Å². The number of esters is 4. The zero-order valence-electron chi connectivity index (χ0n) is 21.9. The predicted molar refractivity (Wildman–Crippen MR) is 155 cm³/mol. The molecule has 0 N–H and O–H groups in total. The number of carbonyl (C=O) groups is 4. The minimum atomic E-state index is -0.668. The first-order chi connectivity index (χ1) is 20.5. The Kier molecular flexibility index (Phi) is 5.87. The van der Waals surface area contributed by atoms with Crippen molar-refractivity contribution in [3.63, 3.8) is 0 Å². The van der Waals surface area contributed by atoms with Gasteiger partial charge >= 0.3 is 23.9 Å². The third-order valence-corrected chi connectivity index (χ3v) is 7.17. The van der Waals surface area contributed by atoms with Crippen LogP contribution in [0.15, 0.2) is 121 Å². The highest BCUT2D eigenvalue weighted by atomic mass is 16.6. The van der Waals surface area contributed by atoms with Gasteiger partial charge in [0.1, 0.15) is 0 Å². The zero-order chi connectivity index (χ0) is 28.8. The first-order valence-electron chi connectivity index (χ1n) is 13.1. The summed E-state index contributed by atoms with van der Waals surface area (Å²) in [6, 6.07) is 37.2. The molecule has 0 spiro atoms. The quantitative estimate of drug-likeness (QED) is 0.161. The van der Waals surface area contributed by atoms with Gasteiger partial charge in [-0.15, -0.1) is 0 Å². The summed E-state index contributed by atoms with van der Waals surface area (Å²) < 4.78 is 9.59. The van der Waals surface area contributed by atoms with E-state index in [1.165, 1.54) is 0 Å². The number of fused-ring (bicyclic) bond motifs is 2. The Morgan fingerprint density at radius 1 is 0.333 bits per heavy atom. The van der Waals surface area contributed by atoms with Crippen LogP contribution in [0.2, 0.25) is 0 Å². The highest BCUT2D eigenvalue weighted by Crippen LogP contribution is 2.40. The number of carbonyl (C=O) groups excluding carboxylic acids is 4. The van der Waals surface area contributed by atoms with Gasteiger partial charge in [0.2, 0.25) is 0 Å². The predicted octanol–water partition coefficient (Wildman–Crippen LogP) is 7.25. The molecule has 0 saturated carbocycles. The first kappa shape index (κ1) is 25.0. The van der Waals surface area contributed by atoms with Crippen LogP contribution in [0, 0.1) is 0 Å². The number of anilines is 6. The first-order valence-corrected chi connectivity index (χ1v) is 13.1. The number of hydrogen-bond donors (Lipinski definition) is 0. The highest BCUT2D eigenvalue weighted by molar-refractivity contribution is 6.16. The molecule has 0 unspecified atom stereocenters. The fourth-order valence-electron chi connectivity index (χ4n) is 5.22. The number of benzene rings is 5. The molecule has 5 aromatic rings. The van der Waals surface area contributed by atoms with Gasteiger partial charge in [-0.1, -0.05) is 36.4 Å². The second-order valence-electron chi connectivity index (χ2n) is 9.67. The fraction of sp³-hybridized carbons (Fsp3) is 0. The monoisotopic (exact) mass is 552 g/mol. The van der Waals surface area contributed by atoms with Crippen LogP contribution in [0.1, 0.15) is 41.4 Å². The summed E-state index contributed by atoms with van der Waals surface area (Å²) in [4.78, 5) is 52.6. The van der Waals surface area contributed by atoms with Gasteiger partial charge < -0.3 is 19.3 Å². The van der Waals surface area contributed by atoms with E-state index in [1.807, 2.05) is 94.7 Å². The second-order valence-corrected chi connectivity index (χ2v) is 9.67. The van der Waals surface area contributed by atoms with E-state index in [1.54, 1.807) is 36.4 Å². The summed E-state index contributed by atoms with van der Waals surface area (Å²) in [5.74, 6) is -2.64. The second kappa shape index (κ2) is 9.87. The summed E-state index contributed by atoms with van der Waals surface area (Å²) in [6.45, 7) is 0. The molecule has 0 atom stereocenters. The molecule has 2 heterocycles. The van der Waals surface area contributed by atoms with Crippen LogP contribution in [-0.2, 0) is 9.47 Å². The lowest BCUT2D eigenvalue weighted by Crippen LogP contribution is -2.13. The summed E-state index contributed by atoms with van der Waals surface area (Å²) in [6.07, 6.45) is 0. The topological polar surface area (TPSA) is 93.2 Å². The number of hydrogen-bond acceptors (Lipinski definition) is 8. The van der Waals surface area contributed by atoms with Gasteiger partial charge in [-0.05, 0) is 84.9 Å². The summed E-state index contributed by atoms with van der Waals surface area (Å²) in [5.41, 5.74) is 5.60. The molecular weight excluding hydrogens is 532 g/mol. The number of cyclic esters (lactones) is 4. The molecule has 0 bridgehead atoms. The van der Waals surface area contributed by atoms with E-state index in [4.69, 9.17) is 9.47 Å². The molecule has 2 aliphatic heterocycles. The van der Waals surface area contributed by atoms with Crippen LogP contribution < -0.4 is 9.80 Å². The van der Waals surface area contributed by atoms with Gasteiger partial charge in [0.25, 0.3) is 0 Å². The molecule has 0 aromatic heterocycles. The van der Waals surface area contributed by atoms with Crippen molar-refractivity contribution in [1.29, 1.82) is 0 Å². The van der Waals surface area contributed by atoms with E-state index in [0.717, 1.165) is 22.7 Å². The Labute approximate surface area is 240 Å². The van der Waals surface area contributed by atoms with Gasteiger partial charge in [-0.25, -0.2) is 19.2 Å². The van der Waals surface area contributed by atoms with Crippen molar-refractivity contribution >= 4 is 58.0 Å². The average Bonchev–Trinajstić information content (AvgIpc) is 3.47. The SMILES string of the molecule is O=C1OC(=O)c2cc(N(c3ccccc3)c3ccc(N(c4ccccc4)c4ccc5c(c4)C(=O)OC5=O)cc3)ccc21. The van der Waals surface area contributed by atoms with Gasteiger partial charge in [0.05, 0.1) is 22.3 Å². The molecule has 5 aromatic carbocycles. The summed E-state index contributed by atoms with van der Waals surface area (Å²) in [7, 11) is 0. The third-order valence-electron chi connectivity index (χ3n) is 7.17. The molecular formula is C34H20N2O6. The number of nitrogens with zero attached hydrogens (tertiary/aromatic N) is 2. The fourth-order valence-corrected chi connectivity index (χ4v) is 5.22. The number of ether oxygens (including phenoxy) is 2. The Morgan fingerprint density at radius 2 is 0.643 bits per heavy atom. The van der Waals surface area contributed by atoms with Crippen molar-refractivity contribution in [2.75, 3.05) is 9.80 Å². The van der Waals surface area contributed by atoms with Crippen molar-refractivity contribution in [3.8, 4) is 0 Å². The molecule has 0 fully saturated rings. The zero-order valence-corrected chi connectivity index (χ0v) is 21.9. The van der Waals surface area contributed by atoms with E-state index in [-0.39, 0.29) is 22.3 Å². The molecule has 0 aliphatic carbocycles. The van der Waals surface area contributed by atoms with Crippen LogP contribution in [0.25, 0.3) is 0 Å². The largest absolute Gasteiger partial charge is 0.386 e. The minimum absolute atomic E-state index is 0.221. The molecule has 0 amide bonds. The lowest BCUT2D eigenvalue weighted by Gasteiger charge is -2.28. The van der Waals surface area contributed by atoms with E-state index < -0.39 is 23.9 Å². The maximum atomic E-state index is 12.3. The van der Waals surface area contributed by atoms with Crippen molar-refractivity contribution in [2.45, 2.75) is 0 Å². The minimum Gasteiger partial charge on any atom is -0.386 e. The Hall–Kier alpha value is -6.02. The van der Waals surface area contributed by atoms with E-state index in [2.05, 4.69) is 0 Å². The van der Waals surface area contributed by atoms with Crippen molar-refractivity contribution < 1.29 is 28.7 Å². The molecule has 8 nitrogen and oxygen atoms in total. The van der Waals surface area contributed by atoms with Crippen molar-refractivity contribution in [3.05, 3.63) is 144 Å².